The van der Waals surface area contributed by atoms with E-state index in [1.165, 1.54) is 69.9 Å². The van der Waals surface area contributed by atoms with Gasteiger partial charge in [0.05, 0.1) is 36.8 Å². The van der Waals surface area contributed by atoms with E-state index < -0.39 is 40.9 Å². The zero-order valence-electron chi connectivity index (χ0n) is 59.3. The van der Waals surface area contributed by atoms with Gasteiger partial charge in [0.15, 0.2) is 0 Å². The fraction of sp³-hybridized carbons (Fsp3) is 0.500. The molecule has 0 saturated heterocycles. The van der Waals surface area contributed by atoms with E-state index in [0.717, 1.165) is 76.4 Å². The van der Waals surface area contributed by atoms with Crippen molar-refractivity contribution >= 4 is 29.3 Å². The Bertz CT molecular complexity index is 3610. The third-order valence-electron chi connectivity index (χ3n) is 23.2. The Morgan fingerprint density at radius 3 is 2.09 bits per heavy atom. The van der Waals surface area contributed by atoms with E-state index in [9.17, 15) is 34.6 Å². The molecular weight excluding hydrogens is 1230 g/mol. The average Bonchev–Trinajstić information content (AvgIpc) is 1.71. The number of rotatable bonds is 34. The molecule has 15 nitrogen and oxygen atoms in total. The predicted molar refractivity (Wildman–Crippen MR) is 392 cm³/mol. The fourth-order valence-corrected chi connectivity index (χ4v) is 17.8. The lowest BCUT2D eigenvalue weighted by Gasteiger charge is -2.58. The first kappa shape index (κ1) is 73.5. The predicted octanol–water partition coefficient (Wildman–Crippen LogP) is 15.5. The highest BCUT2D eigenvalue weighted by molar-refractivity contribution is 5.98. The lowest BCUT2D eigenvalue weighted by atomic mass is 9.47. The summed E-state index contributed by atoms with van der Waals surface area (Å²) in [6, 6.07) is 42.7. The van der Waals surface area contributed by atoms with Crippen LogP contribution in [0.3, 0.4) is 0 Å². The molecule has 0 bridgehead atoms. The molecule has 525 valence electrons. The van der Waals surface area contributed by atoms with Crippen LogP contribution in [-0.4, -0.2) is 79.1 Å². The van der Waals surface area contributed by atoms with Crippen LogP contribution in [0.2, 0.25) is 0 Å². The lowest BCUT2D eigenvalue weighted by molar-refractivity contribution is -0.540. The number of carbonyl (C=O) groups is 4. The molecular formula is C84H106N7O8. The average molecular weight is 1340 g/mol. The number of carbonyl (C=O) groups excluding carboxylic acids is 4. The van der Waals surface area contributed by atoms with E-state index in [0.29, 0.717) is 61.2 Å². The van der Waals surface area contributed by atoms with E-state index in [2.05, 4.69) is 110 Å². The molecule has 5 aliphatic rings. The Morgan fingerprint density at radius 1 is 0.717 bits per heavy atom. The van der Waals surface area contributed by atoms with Gasteiger partial charge in [0.25, 0.3) is 5.54 Å². The standard InChI is InChI=1S/C84H106N7O8/c1-59(2)22-20-23-60(3)72-41-42-73-71-40-37-67-55-70(45-49-81(67,4)74(71)46-50-82(72,73)5)99-53-21-51-86-77(92)43-44-78(93)88-68(54-61-31-33-62(58-85)34-32-61)56-79(94)89-76(80(95)90-75-29-15-14-24-63(75)57-83(91(96)97)47-17-9-18-48-83)30-16-19-52-87-84(64-25-10-7-11-26-64,65-27-12-8-13-28-65)66-35-38-69(98-6)39-36-66/h7-15,17-18,24-29,31-39,47-48,59-60,68,70-74,76,87H,16,19-23,30,40-46,49-57H2,1-6H3,(H,86,92)(H,88,93)(H,89,94)(H,90,95)/t60-,68+,70?,71+,72-,73+,74+,76+,81+,82-/m1/s1. The van der Waals surface area contributed by atoms with Crippen LogP contribution in [0.5, 0.6) is 5.75 Å². The van der Waals surface area contributed by atoms with Gasteiger partial charge < -0.3 is 30.7 Å². The number of ether oxygens (including phenoxy) is 2. The number of methoxy groups -OCH3 is 1. The van der Waals surface area contributed by atoms with Gasteiger partial charge in [-0.25, -0.2) is 0 Å². The number of anilines is 1. The second-order valence-corrected chi connectivity index (χ2v) is 29.9. The topological polar surface area (TPSA) is 214 Å². The highest BCUT2D eigenvalue weighted by atomic mass is 16.6. The normalized spacial score (nSPS) is 23.0. The minimum absolute atomic E-state index is 0.0371. The molecule has 99 heavy (non-hydrogen) atoms. The Labute approximate surface area is 588 Å². The minimum Gasteiger partial charge on any atom is -0.497 e. The zero-order valence-corrected chi connectivity index (χ0v) is 59.3. The number of benzene rings is 5. The summed E-state index contributed by atoms with van der Waals surface area (Å²) in [7, 11) is 1.64. The number of hydrogen-bond acceptors (Lipinski definition) is 10. The second-order valence-electron chi connectivity index (χ2n) is 29.9. The van der Waals surface area contributed by atoms with Crippen molar-refractivity contribution in [2.24, 2.45) is 46.3 Å². The van der Waals surface area contributed by atoms with Crippen LogP contribution in [0.1, 0.15) is 184 Å². The number of hydrogen-bond donors (Lipinski definition) is 5. The number of nitrogens with one attached hydrogen (secondary N) is 5. The van der Waals surface area contributed by atoms with Crippen LogP contribution in [0, 0.1) is 74.2 Å². The maximum Gasteiger partial charge on any atom is 0.262 e. The first-order valence-electron chi connectivity index (χ1n) is 36.8. The monoisotopic (exact) mass is 1340 g/mol. The molecule has 3 saturated carbocycles. The van der Waals surface area contributed by atoms with E-state index >= 15 is 0 Å². The van der Waals surface area contributed by atoms with Crippen molar-refractivity contribution < 1.29 is 33.6 Å². The number of amides is 4. The number of nitro groups is 1. The number of nitriles is 1. The summed E-state index contributed by atoms with van der Waals surface area (Å²) in [5, 5.41) is 38.2. The molecule has 3 fully saturated rings. The summed E-state index contributed by atoms with van der Waals surface area (Å²) in [6.45, 7) is 14.0. The lowest BCUT2D eigenvalue weighted by Crippen LogP contribution is -2.51. The van der Waals surface area contributed by atoms with Gasteiger partial charge in [0.2, 0.25) is 23.6 Å². The van der Waals surface area contributed by atoms with Crippen LogP contribution >= 0.6 is 0 Å². The van der Waals surface area contributed by atoms with Gasteiger partial charge in [0.1, 0.15) is 11.8 Å². The maximum atomic E-state index is 14.8. The molecule has 15 heteroatoms. The number of unbranched alkanes of at least 4 members (excludes halogenated alkanes) is 1. The molecule has 5 N–H and O–H groups in total. The molecule has 5 aliphatic carbocycles. The Balaban J connectivity index is 0.749. The minimum atomic E-state index is -1.54. The van der Waals surface area contributed by atoms with Crippen molar-refractivity contribution in [3.8, 4) is 11.8 Å². The second kappa shape index (κ2) is 34.3. The van der Waals surface area contributed by atoms with Gasteiger partial charge in [0, 0.05) is 55.5 Å². The van der Waals surface area contributed by atoms with Crippen molar-refractivity contribution in [3.63, 3.8) is 0 Å². The Hall–Kier alpha value is -8.19. The molecule has 1 radical (unpaired) electrons. The van der Waals surface area contributed by atoms with Gasteiger partial charge in [-0.3, -0.25) is 34.6 Å². The van der Waals surface area contributed by atoms with Crippen molar-refractivity contribution in [1.82, 2.24) is 21.3 Å². The highest BCUT2D eigenvalue weighted by Gasteiger charge is 2.59. The molecule has 5 aromatic carbocycles. The van der Waals surface area contributed by atoms with Crippen LogP contribution in [0.15, 0.2) is 169 Å². The highest BCUT2D eigenvalue weighted by Crippen LogP contribution is 2.67. The smallest absolute Gasteiger partial charge is 0.262 e. The molecule has 4 amide bonds. The third-order valence-corrected chi connectivity index (χ3v) is 23.2. The van der Waals surface area contributed by atoms with Gasteiger partial charge >= 0.3 is 0 Å². The van der Waals surface area contributed by atoms with Crippen molar-refractivity contribution in [1.29, 1.82) is 5.26 Å². The quantitative estimate of drug-likeness (QED) is 0.00864. The Kier molecular flexibility index (Phi) is 25.4. The van der Waals surface area contributed by atoms with Gasteiger partial charge in [-0.05, 0) is 207 Å². The molecule has 10 atom stereocenters. The molecule has 0 aromatic heterocycles. The number of nitrogens with zero attached hydrogens (tertiary/aromatic N) is 2. The fourth-order valence-electron chi connectivity index (χ4n) is 17.8. The first-order chi connectivity index (χ1) is 47.9. The molecule has 10 rings (SSSR count). The summed E-state index contributed by atoms with van der Waals surface area (Å²) in [5.74, 6) is 3.88. The SMILES string of the molecule is COc1ccc(C(NCCCC[C@H](NC(=O)C[C@H](Cc2ccc(C#N)cc2)NC(=O)CCC(=O)NCCCOC2CC[C@@]3(C)C(=CC[C@H]4[C@@H]5CC[C@H]([C@H](C)CCCC(C)C)[C@@]5(C)CC[C@@H]43)C2)C(=O)Nc2ccccc2CC2([N+](=O)[O-])C=C[CH]C=C2)(c2ccccc2)c2ccccc2)cc1. The first-order valence-corrected chi connectivity index (χ1v) is 36.8. The van der Waals surface area contributed by atoms with Crippen molar-refractivity contribution in [3.05, 3.63) is 219 Å². The summed E-state index contributed by atoms with van der Waals surface area (Å²) >= 11 is 0. The maximum absolute atomic E-state index is 14.8. The van der Waals surface area contributed by atoms with Crippen LogP contribution < -0.4 is 31.3 Å². The molecule has 0 aliphatic heterocycles. The number of allylic oxidation sites excluding steroid dienone is 3. The summed E-state index contributed by atoms with van der Waals surface area (Å²) < 4.78 is 12.1. The van der Waals surface area contributed by atoms with E-state index in [-0.39, 0.29) is 60.9 Å². The van der Waals surface area contributed by atoms with Crippen LogP contribution in [0.25, 0.3) is 0 Å². The largest absolute Gasteiger partial charge is 0.497 e. The van der Waals surface area contributed by atoms with Gasteiger partial charge in [-0.15, -0.1) is 0 Å². The molecule has 1 unspecified atom stereocenters. The van der Waals surface area contributed by atoms with Crippen molar-refractivity contribution in [2.45, 2.75) is 192 Å². The summed E-state index contributed by atoms with van der Waals surface area (Å²) in [6.07, 6.45) is 26.7. The molecule has 0 spiro atoms. The number of para-hydroxylation sites is 1. The molecule has 0 heterocycles. The summed E-state index contributed by atoms with van der Waals surface area (Å²) in [4.78, 5) is 68.8. The van der Waals surface area contributed by atoms with Gasteiger partial charge in [-0.2, -0.15) is 5.26 Å². The van der Waals surface area contributed by atoms with E-state index in [4.69, 9.17) is 9.47 Å². The van der Waals surface area contributed by atoms with Gasteiger partial charge in [-0.1, -0.05) is 181 Å². The van der Waals surface area contributed by atoms with E-state index in [1.54, 1.807) is 79.8 Å². The third kappa shape index (κ3) is 18.1. The number of fused-ring (bicyclic) bond motifs is 5. The van der Waals surface area contributed by atoms with Crippen LogP contribution in [0.4, 0.5) is 5.69 Å². The van der Waals surface area contributed by atoms with E-state index in [1.807, 2.05) is 48.5 Å². The van der Waals surface area contributed by atoms with Crippen LogP contribution in [-0.2, 0) is 42.3 Å². The summed E-state index contributed by atoms with van der Waals surface area (Å²) in [5.41, 5.74) is 5.22. The Morgan fingerprint density at radius 2 is 1.40 bits per heavy atom. The zero-order chi connectivity index (χ0) is 70.0. The molecule has 5 aromatic rings. The van der Waals surface area contributed by atoms with Crippen molar-refractivity contribution in [2.75, 3.05) is 32.1 Å².